The molecule has 1 aliphatic heterocycles. The van der Waals surface area contributed by atoms with Crippen LogP contribution >= 0.6 is 0 Å². The smallest absolute Gasteiger partial charge is 0.255 e. The highest BCUT2D eigenvalue weighted by Gasteiger charge is 2.28. The van der Waals surface area contributed by atoms with Gasteiger partial charge in [-0.3, -0.25) is 9.00 Å². The second-order valence-corrected chi connectivity index (χ2v) is 5.14. The van der Waals surface area contributed by atoms with Crippen molar-refractivity contribution in [3.63, 3.8) is 0 Å². The van der Waals surface area contributed by atoms with Crippen LogP contribution in [0, 0.1) is 0 Å². The monoisotopic (exact) mass is 239 g/mol. The van der Waals surface area contributed by atoms with Gasteiger partial charge in [-0.05, 0) is 12.1 Å². The fraction of sp³-hybridized carbons (Fsp3) is 0.400. The zero-order chi connectivity index (χ0) is 11.7. The van der Waals surface area contributed by atoms with Gasteiger partial charge in [0.2, 0.25) is 0 Å². The number of hydrogen-bond acceptors (Lipinski definition) is 4. The molecule has 1 amide bonds. The summed E-state index contributed by atoms with van der Waals surface area (Å²) >= 11 is 0. The van der Waals surface area contributed by atoms with Crippen LogP contribution in [-0.4, -0.2) is 45.4 Å². The van der Waals surface area contributed by atoms with E-state index in [1.165, 1.54) is 6.20 Å². The van der Waals surface area contributed by atoms with Crippen LogP contribution in [0.15, 0.2) is 23.4 Å². The minimum Gasteiger partial charge on any atom is -0.335 e. The average molecular weight is 239 g/mol. The zero-order valence-corrected chi connectivity index (χ0v) is 9.74. The van der Waals surface area contributed by atoms with Gasteiger partial charge in [0, 0.05) is 31.6 Å². The van der Waals surface area contributed by atoms with E-state index in [1.54, 1.807) is 23.3 Å². The molecule has 2 heterocycles. The highest BCUT2D eigenvalue weighted by Crippen LogP contribution is 2.12. The lowest BCUT2D eigenvalue weighted by molar-refractivity contribution is 0.0607. The van der Waals surface area contributed by atoms with Gasteiger partial charge in [-0.15, -0.1) is 0 Å². The summed E-state index contributed by atoms with van der Waals surface area (Å²) in [6.07, 6.45) is 3.02. The minimum absolute atomic E-state index is 0.0670. The van der Waals surface area contributed by atoms with Gasteiger partial charge in [0.05, 0.1) is 16.4 Å². The van der Waals surface area contributed by atoms with Crippen molar-refractivity contribution in [2.45, 2.75) is 11.1 Å². The van der Waals surface area contributed by atoms with Gasteiger partial charge in [0.1, 0.15) is 5.03 Å². The number of nitrogens with two attached hydrogens (primary N) is 1. The molecule has 1 aliphatic rings. The Balaban J connectivity index is 2.10. The van der Waals surface area contributed by atoms with Crippen LogP contribution < -0.4 is 5.73 Å². The van der Waals surface area contributed by atoms with E-state index in [0.29, 0.717) is 23.7 Å². The Kier molecular flexibility index (Phi) is 3.02. The second-order valence-electron chi connectivity index (χ2n) is 3.81. The van der Waals surface area contributed by atoms with Crippen molar-refractivity contribution in [1.29, 1.82) is 0 Å². The number of aromatic nitrogens is 1. The van der Waals surface area contributed by atoms with Crippen LogP contribution in [-0.2, 0) is 10.8 Å². The molecular formula is C10H13N3O2S. The lowest BCUT2D eigenvalue weighted by Crippen LogP contribution is -2.57. The Labute approximate surface area is 96.1 Å². The van der Waals surface area contributed by atoms with E-state index in [-0.39, 0.29) is 11.9 Å². The molecule has 0 aromatic carbocycles. The Morgan fingerprint density at radius 2 is 2.25 bits per heavy atom. The summed E-state index contributed by atoms with van der Waals surface area (Å²) in [5.74, 6) is -0.0670. The normalized spacial score (nSPS) is 18.0. The molecule has 1 unspecified atom stereocenters. The standard InChI is InChI=1S/C10H13N3O2S/c1-16(15)9-3-2-7(4-12-9)10(14)13-5-8(11)6-13/h2-4,8H,5-6,11H2,1H3. The Bertz CT molecular complexity index is 426. The molecule has 5 nitrogen and oxygen atoms in total. The SMILES string of the molecule is CS(=O)c1ccc(C(=O)N2CC(N)C2)cn1. The predicted octanol–water partition coefficient (Wildman–Crippen LogP) is -0.398. The molecule has 1 aromatic heterocycles. The summed E-state index contributed by atoms with van der Waals surface area (Å²) in [4.78, 5) is 17.5. The maximum atomic E-state index is 11.8. The molecule has 1 saturated heterocycles. The lowest BCUT2D eigenvalue weighted by atomic mass is 10.1. The molecular weight excluding hydrogens is 226 g/mol. The van der Waals surface area contributed by atoms with Gasteiger partial charge in [-0.25, -0.2) is 4.98 Å². The molecule has 6 heteroatoms. The minimum atomic E-state index is -1.11. The summed E-state index contributed by atoms with van der Waals surface area (Å²) in [5.41, 5.74) is 6.11. The third kappa shape index (κ3) is 2.12. The van der Waals surface area contributed by atoms with E-state index < -0.39 is 10.8 Å². The van der Waals surface area contributed by atoms with Crippen molar-refractivity contribution >= 4 is 16.7 Å². The van der Waals surface area contributed by atoms with Crippen LogP contribution in [0.1, 0.15) is 10.4 Å². The van der Waals surface area contributed by atoms with Crippen molar-refractivity contribution in [3.8, 4) is 0 Å². The van der Waals surface area contributed by atoms with Gasteiger partial charge < -0.3 is 10.6 Å². The first-order valence-corrected chi connectivity index (χ1v) is 6.48. The number of hydrogen-bond donors (Lipinski definition) is 1. The van der Waals surface area contributed by atoms with Gasteiger partial charge in [-0.2, -0.15) is 0 Å². The molecule has 0 radical (unpaired) electrons. The van der Waals surface area contributed by atoms with Crippen LogP contribution in [0.25, 0.3) is 0 Å². The molecule has 0 bridgehead atoms. The van der Waals surface area contributed by atoms with Gasteiger partial charge in [0.15, 0.2) is 0 Å². The third-order valence-electron chi connectivity index (χ3n) is 2.47. The molecule has 1 aromatic rings. The van der Waals surface area contributed by atoms with Gasteiger partial charge in [-0.1, -0.05) is 0 Å². The van der Waals surface area contributed by atoms with E-state index in [9.17, 15) is 9.00 Å². The molecule has 2 rings (SSSR count). The van der Waals surface area contributed by atoms with Crippen molar-refractivity contribution in [2.75, 3.05) is 19.3 Å². The van der Waals surface area contributed by atoms with Crippen LogP contribution in [0.2, 0.25) is 0 Å². The third-order valence-corrected chi connectivity index (χ3v) is 3.31. The number of rotatable bonds is 2. The Hall–Kier alpha value is -1.27. The van der Waals surface area contributed by atoms with Crippen molar-refractivity contribution in [2.24, 2.45) is 5.73 Å². The van der Waals surface area contributed by atoms with Crippen LogP contribution in [0.5, 0.6) is 0 Å². The topological polar surface area (TPSA) is 76.3 Å². The first-order chi connectivity index (χ1) is 7.58. The summed E-state index contributed by atoms with van der Waals surface area (Å²) in [5, 5.41) is 0.483. The number of amides is 1. The second kappa shape index (κ2) is 4.31. The molecule has 2 N–H and O–H groups in total. The molecule has 0 aliphatic carbocycles. The largest absolute Gasteiger partial charge is 0.335 e. The maximum Gasteiger partial charge on any atom is 0.255 e. The van der Waals surface area contributed by atoms with Crippen LogP contribution in [0.3, 0.4) is 0 Å². The van der Waals surface area contributed by atoms with E-state index in [4.69, 9.17) is 5.73 Å². The first-order valence-electron chi connectivity index (χ1n) is 4.92. The van der Waals surface area contributed by atoms with E-state index in [0.717, 1.165) is 0 Å². The fourth-order valence-corrected chi connectivity index (χ4v) is 2.00. The lowest BCUT2D eigenvalue weighted by Gasteiger charge is -2.36. The zero-order valence-electron chi connectivity index (χ0n) is 8.92. The van der Waals surface area contributed by atoms with Crippen molar-refractivity contribution in [3.05, 3.63) is 23.9 Å². The van der Waals surface area contributed by atoms with Crippen LogP contribution in [0.4, 0.5) is 0 Å². The Morgan fingerprint density at radius 1 is 1.56 bits per heavy atom. The molecule has 0 saturated carbocycles. The molecule has 86 valence electrons. The number of carbonyl (C=O) groups is 1. The molecule has 1 fully saturated rings. The number of nitrogens with zero attached hydrogens (tertiary/aromatic N) is 2. The van der Waals surface area contributed by atoms with Crippen molar-refractivity contribution in [1.82, 2.24) is 9.88 Å². The summed E-state index contributed by atoms with van der Waals surface area (Å²) in [6, 6.07) is 3.36. The van der Waals surface area contributed by atoms with Crippen molar-refractivity contribution < 1.29 is 9.00 Å². The average Bonchev–Trinajstić information content (AvgIpc) is 2.24. The highest BCUT2D eigenvalue weighted by atomic mass is 32.2. The number of likely N-dealkylation sites (tertiary alicyclic amines) is 1. The summed E-state index contributed by atoms with van der Waals surface area (Å²) < 4.78 is 11.1. The molecule has 0 spiro atoms. The summed E-state index contributed by atoms with van der Waals surface area (Å²) in [6.45, 7) is 1.20. The highest BCUT2D eigenvalue weighted by molar-refractivity contribution is 7.84. The van der Waals surface area contributed by atoms with E-state index in [1.807, 2.05) is 0 Å². The quantitative estimate of drug-likeness (QED) is 0.762. The molecule has 16 heavy (non-hydrogen) atoms. The molecule has 1 atom stereocenters. The van der Waals surface area contributed by atoms with E-state index in [2.05, 4.69) is 4.98 Å². The van der Waals surface area contributed by atoms with Gasteiger partial charge in [0.25, 0.3) is 5.91 Å². The fourth-order valence-electron chi connectivity index (χ4n) is 1.54. The predicted molar refractivity (Wildman–Crippen MR) is 60.4 cm³/mol. The number of carbonyl (C=O) groups excluding carboxylic acids is 1. The maximum absolute atomic E-state index is 11.8. The number of pyridine rings is 1. The van der Waals surface area contributed by atoms with Gasteiger partial charge >= 0.3 is 0 Å². The summed E-state index contributed by atoms with van der Waals surface area (Å²) in [7, 11) is -1.11. The van der Waals surface area contributed by atoms with E-state index >= 15 is 0 Å². The Morgan fingerprint density at radius 3 is 2.69 bits per heavy atom. The first kappa shape index (κ1) is 11.2.